The normalized spacial score (nSPS) is 16.1. The summed E-state index contributed by atoms with van der Waals surface area (Å²) in [5, 5.41) is 0. The maximum Gasteiger partial charge on any atom is -0.0320 e. The van der Waals surface area contributed by atoms with Crippen LogP contribution in [0.2, 0.25) is 0 Å². The first-order chi connectivity index (χ1) is 4.31. The molecule has 0 fully saturated rings. The predicted octanol–water partition coefficient (Wildman–Crippen LogP) is 3.53. The number of hydrogen-bond donors (Lipinski definition) is 0. The van der Waals surface area contributed by atoms with E-state index in [0.29, 0.717) is 0 Å². The van der Waals surface area contributed by atoms with E-state index in [0.717, 1.165) is 0 Å². The highest BCUT2D eigenvalue weighted by Gasteiger charge is 1.94. The van der Waals surface area contributed by atoms with Gasteiger partial charge in [0.25, 0.3) is 0 Å². The summed E-state index contributed by atoms with van der Waals surface area (Å²) in [6.45, 7) is 6.45. The first-order valence-electron chi connectivity index (χ1n) is 3.96. The van der Waals surface area contributed by atoms with Gasteiger partial charge in [0.1, 0.15) is 0 Å². The van der Waals surface area contributed by atoms with Gasteiger partial charge in [0.05, 0.1) is 0 Å². The smallest absolute Gasteiger partial charge is 0.0320 e. The van der Waals surface area contributed by atoms with Crippen molar-refractivity contribution in [1.29, 1.82) is 0 Å². The van der Waals surface area contributed by atoms with Gasteiger partial charge < -0.3 is 0 Å². The first-order valence-corrected chi connectivity index (χ1v) is 3.96. The largest absolute Gasteiger partial charge is 0.0856 e. The van der Waals surface area contributed by atoms with Crippen LogP contribution < -0.4 is 0 Å². The van der Waals surface area contributed by atoms with E-state index in [4.69, 9.17) is 0 Å². The van der Waals surface area contributed by atoms with Crippen LogP contribution in [0.15, 0.2) is 11.6 Å². The van der Waals surface area contributed by atoms with Crippen molar-refractivity contribution in [3.05, 3.63) is 11.6 Å². The fourth-order valence-electron chi connectivity index (χ4n) is 0.831. The first kappa shape index (κ1) is 8.74. The van der Waals surface area contributed by atoms with Crippen molar-refractivity contribution in [2.45, 2.75) is 46.5 Å². The average Bonchev–Trinajstić information content (AvgIpc) is 2.20. The summed E-state index contributed by atoms with van der Waals surface area (Å²) in [5.41, 5.74) is 1.58. The topological polar surface area (TPSA) is 0 Å². The molecule has 1 aliphatic carbocycles. The van der Waals surface area contributed by atoms with Crippen molar-refractivity contribution >= 4 is 0 Å². The number of allylic oxidation sites excluding steroid dienone is 2. The van der Waals surface area contributed by atoms with Crippen molar-refractivity contribution in [1.82, 2.24) is 0 Å². The Hall–Kier alpha value is -0.260. The lowest BCUT2D eigenvalue weighted by molar-refractivity contribution is 0.907. The molecule has 0 radical (unpaired) electrons. The highest BCUT2D eigenvalue weighted by molar-refractivity contribution is 5.02. The standard InChI is InChI=1S/C6H10.C3H8/c1-6-4-2-3-5-6;1-3-2/h4H,2-3,5H2,1H3;3H2,1-2H3. The van der Waals surface area contributed by atoms with Crippen LogP contribution in [-0.4, -0.2) is 0 Å². The molecular weight excluding hydrogens is 108 g/mol. The lowest BCUT2D eigenvalue weighted by atomic mass is 10.3. The molecule has 0 unspecified atom stereocenters. The van der Waals surface area contributed by atoms with Crippen molar-refractivity contribution < 1.29 is 0 Å². The lowest BCUT2D eigenvalue weighted by Crippen LogP contribution is -1.59. The molecule has 0 nitrogen and oxygen atoms in total. The summed E-state index contributed by atoms with van der Waals surface area (Å²) in [7, 11) is 0. The molecule has 0 bridgehead atoms. The molecule has 0 N–H and O–H groups in total. The zero-order valence-corrected chi connectivity index (χ0v) is 6.91. The van der Waals surface area contributed by atoms with Gasteiger partial charge in [0.15, 0.2) is 0 Å². The molecule has 0 aromatic heterocycles. The summed E-state index contributed by atoms with van der Waals surface area (Å²) < 4.78 is 0. The maximum absolute atomic E-state index is 2.32. The molecule has 0 aliphatic heterocycles. The second kappa shape index (κ2) is 5.87. The summed E-state index contributed by atoms with van der Waals surface area (Å²) in [6.07, 6.45) is 7.64. The van der Waals surface area contributed by atoms with Gasteiger partial charge in [-0.25, -0.2) is 0 Å². The predicted molar refractivity (Wildman–Crippen MR) is 43.6 cm³/mol. The summed E-state index contributed by atoms with van der Waals surface area (Å²) in [6, 6.07) is 0. The Balaban J connectivity index is 0.000000187. The van der Waals surface area contributed by atoms with Crippen LogP contribution in [0.3, 0.4) is 0 Å². The van der Waals surface area contributed by atoms with Crippen molar-refractivity contribution in [3.63, 3.8) is 0 Å². The molecule has 0 aromatic carbocycles. The second-order valence-electron chi connectivity index (χ2n) is 2.65. The molecule has 1 aliphatic rings. The zero-order chi connectivity index (χ0) is 7.11. The minimum Gasteiger partial charge on any atom is -0.0856 e. The highest BCUT2D eigenvalue weighted by Crippen LogP contribution is 2.15. The van der Waals surface area contributed by atoms with Crippen molar-refractivity contribution in [3.8, 4) is 0 Å². The van der Waals surface area contributed by atoms with Gasteiger partial charge in [-0.05, 0) is 26.2 Å². The van der Waals surface area contributed by atoms with Gasteiger partial charge in [-0.2, -0.15) is 0 Å². The van der Waals surface area contributed by atoms with E-state index in [1.54, 1.807) is 5.57 Å². The quantitative estimate of drug-likeness (QED) is 0.435. The Morgan fingerprint density at radius 3 is 2.11 bits per heavy atom. The van der Waals surface area contributed by atoms with Gasteiger partial charge >= 0.3 is 0 Å². The molecule has 0 aromatic rings. The fraction of sp³-hybridized carbons (Fsp3) is 0.778. The van der Waals surface area contributed by atoms with E-state index in [1.165, 1.54) is 25.7 Å². The van der Waals surface area contributed by atoms with Crippen LogP contribution in [0.1, 0.15) is 46.5 Å². The Labute approximate surface area is 59.0 Å². The third-order valence-corrected chi connectivity index (χ3v) is 1.27. The average molecular weight is 126 g/mol. The van der Waals surface area contributed by atoms with Crippen LogP contribution >= 0.6 is 0 Å². The molecule has 0 heterocycles. The maximum atomic E-state index is 2.32. The van der Waals surface area contributed by atoms with Gasteiger partial charge in [-0.3, -0.25) is 0 Å². The molecule has 1 rings (SSSR count). The van der Waals surface area contributed by atoms with E-state index in [1.807, 2.05) is 0 Å². The van der Waals surface area contributed by atoms with E-state index < -0.39 is 0 Å². The van der Waals surface area contributed by atoms with E-state index in [2.05, 4.69) is 26.8 Å². The Morgan fingerprint density at radius 2 is 2.00 bits per heavy atom. The molecule has 0 saturated carbocycles. The summed E-state index contributed by atoms with van der Waals surface area (Å²) in [5.74, 6) is 0. The third kappa shape index (κ3) is 5.61. The van der Waals surface area contributed by atoms with Gasteiger partial charge in [-0.15, -0.1) is 0 Å². The van der Waals surface area contributed by atoms with Crippen molar-refractivity contribution in [2.75, 3.05) is 0 Å². The molecule has 54 valence electrons. The SMILES string of the molecule is CC1=CCCC1.CCC. The van der Waals surface area contributed by atoms with Crippen LogP contribution in [0, 0.1) is 0 Å². The van der Waals surface area contributed by atoms with E-state index >= 15 is 0 Å². The zero-order valence-electron chi connectivity index (χ0n) is 6.91. The molecule has 0 atom stereocenters. The minimum absolute atomic E-state index is 1.25. The van der Waals surface area contributed by atoms with Crippen LogP contribution in [-0.2, 0) is 0 Å². The van der Waals surface area contributed by atoms with Gasteiger partial charge in [-0.1, -0.05) is 31.9 Å². The molecule has 0 spiro atoms. The number of hydrogen-bond acceptors (Lipinski definition) is 0. The Kier molecular flexibility index (Phi) is 5.70. The fourth-order valence-corrected chi connectivity index (χ4v) is 0.831. The second-order valence-corrected chi connectivity index (χ2v) is 2.65. The summed E-state index contributed by atoms with van der Waals surface area (Å²) >= 11 is 0. The molecule has 0 saturated heterocycles. The van der Waals surface area contributed by atoms with Crippen LogP contribution in [0.4, 0.5) is 0 Å². The van der Waals surface area contributed by atoms with Gasteiger partial charge in [0, 0.05) is 0 Å². The Bertz CT molecular complexity index is 80.0. The van der Waals surface area contributed by atoms with Crippen molar-refractivity contribution in [2.24, 2.45) is 0 Å². The molecular formula is C9H18. The monoisotopic (exact) mass is 126 g/mol. The molecule has 0 heteroatoms. The minimum atomic E-state index is 1.25. The third-order valence-electron chi connectivity index (χ3n) is 1.27. The Morgan fingerprint density at radius 1 is 1.44 bits per heavy atom. The highest BCUT2D eigenvalue weighted by atomic mass is 14.0. The molecule has 0 amide bonds. The van der Waals surface area contributed by atoms with E-state index in [-0.39, 0.29) is 0 Å². The summed E-state index contributed by atoms with van der Waals surface area (Å²) in [4.78, 5) is 0. The van der Waals surface area contributed by atoms with Crippen LogP contribution in [0.25, 0.3) is 0 Å². The van der Waals surface area contributed by atoms with Gasteiger partial charge in [0.2, 0.25) is 0 Å². The molecule has 9 heavy (non-hydrogen) atoms. The lowest BCUT2D eigenvalue weighted by Gasteiger charge is -1.79. The van der Waals surface area contributed by atoms with Crippen LogP contribution in [0.5, 0.6) is 0 Å². The number of rotatable bonds is 0. The van der Waals surface area contributed by atoms with E-state index in [9.17, 15) is 0 Å².